The van der Waals surface area contributed by atoms with E-state index in [1.807, 2.05) is 0 Å². The second-order valence-corrected chi connectivity index (χ2v) is 8.33. The summed E-state index contributed by atoms with van der Waals surface area (Å²) in [5.41, 5.74) is -11.4. The molecule has 1 aliphatic rings. The van der Waals surface area contributed by atoms with E-state index in [-0.39, 0.29) is 24.8 Å². The van der Waals surface area contributed by atoms with Crippen LogP contribution in [0.5, 0.6) is 0 Å². The van der Waals surface area contributed by atoms with Crippen molar-refractivity contribution >= 4 is 11.8 Å². The first-order chi connectivity index (χ1) is 17.2. The van der Waals surface area contributed by atoms with Crippen LogP contribution < -0.4 is 4.90 Å². The van der Waals surface area contributed by atoms with Crippen molar-refractivity contribution < 1.29 is 62.2 Å². The summed E-state index contributed by atoms with van der Waals surface area (Å²) in [6.45, 7) is -1.04. The molecule has 3 rings (SSSR count). The van der Waals surface area contributed by atoms with Crippen molar-refractivity contribution in [3.63, 3.8) is 0 Å². The van der Waals surface area contributed by atoms with Gasteiger partial charge in [0.1, 0.15) is 11.2 Å². The summed E-state index contributed by atoms with van der Waals surface area (Å²) in [7, 11) is 0. The van der Waals surface area contributed by atoms with Gasteiger partial charge in [0.15, 0.2) is 5.69 Å². The van der Waals surface area contributed by atoms with E-state index in [1.54, 1.807) is 0 Å². The molecular weight excluding hydrogens is 552 g/mol. The van der Waals surface area contributed by atoms with Gasteiger partial charge in [-0.2, -0.15) is 52.7 Å². The third-order valence-corrected chi connectivity index (χ3v) is 5.92. The Morgan fingerprint density at radius 1 is 0.895 bits per heavy atom. The number of hydrogen-bond acceptors (Lipinski definition) is 4. The highest BCUT2D eigenvalue weighted by Crippen LogP contribution is 2.50. The minimum atomic E-state index is -5.42. The zero-order valence-corrected chi connectivity index (χ0v) is 19.0. The third-order valence-electron chi connectivity index (χ3n) is 5.92. The van der Waals surface area contributed by atoms with Gasteiger partial charge in [0, 0.05) is 13.1 Å². The number of hydrogen-bond donors (Lipinski definition) is 0. The molecule has 0 bridgehead atoms. The van der Waals surface area contributed by atoms with E-state index in [2.05, 4.69) is 9.72 Å². The summed E-state index contributed by atoms with van der Waals surface area (Å²) < 4.78 is 168. The van der Waals surface area contributed by atoms with Crippen LogP contribution in [0.1, 0.15) is 46.1 Å². The zero-order chi connectivity index (χ0) is 28.9. The van der Waals surface area contributed by atoms with Gasteiger partial charge < -0.3 is 9.64 Å². The lowest BCUT2D eigenvalue weighted by Gasteiger charge is -2.33. The van der Waals surface area contributed by atoms with Gasteiger partial charge in [0.05, 0.1) is 23.3 Å². The van der Waals surface area contributed by atoms with Crippen molar-refractivity contribution in [1.82, 2.24) is 4.98 Å². The largest absolute Gasteiger partial charge is 0.462 e. The lowest BCUT2D eigenvalue weighted by molar-refractivity contribution is -0.185. The number of esters is 1. The first kappa shape index (κ1) is 29.4. The van der Waals surface area contributed by atoms with Crippen LogP contribution in [-0.4, -0.2) is 36.8 Å². The number of nitrogens with zero attached hydrogens (tertiary/aromatic N) is 2. The predicted octanol–water partition coefficient (Wildman–Crippen LogP) is 7.03. The molecule has 0 aliphatic carbocycles. The second-order valence-electron chi connectivity index (χ2n) is 8.33. The van der Waals surface area contributed by atoms with Gasteiger partial charge in [-0.1, -0.05) is 0 Å². The van der Waals surface area contributed by atoms with Crippen LogP contribution >= 0.6 is 0 Å². The smallest absolute Gasteiger partial charge is 0.434 e. The van der Waals surface area contributed by atoms with Gasteiger partial charge in [-0.3, -0.25) is 0 Å². The Hall–Kier alpha value is -3.20. The van der Waals surface area contributed by atoms with Crippen molar-refractivity contribution in [3.8, 4) is 0 Å². The quantitative estimate of drug-likeness (QED) is 0.294. The van der Waals surface area contributed by atoms with E-state index in [0.29, 0.717) is 11.0 Å². The number of anilines is 1. The lowest BCUT2D eigenvalue weighted by atomic mass is 9.77. The maximum Gasteiger partial charge on any atom is 0.434 e. The molecule has 16 heteroatoms. The molecule has 210 valence electrons. The van der Waals surface area contributed by atoms with E-state index in [9.17, 15) is 57.5 Å². The van der Waals surface area contributed by atoms with Crippen LogP contribution in [0.3, 0.4) is 0 Å². The Labute approximate surface area is 206 Å². The summed E-state index contributed by atoms with van der Waals surface area (Å²) in [5, 5.41) is 0. The monoisotopic (exact) mass is 568 g/mol. The Morgan fingerprint density at radius 2 is 1.45 bits per heavy atom. The fourth-order valence-corrected chi connectivity index (χ4v) is 4.08. The van der Waals surface area contributed by atoms with Crippen LogP contribution in [-0.2, 0) is 28.7 Å². The molecule has 4 nitrogen and oxygen atoms in total. The number of rotatable bonds is 4. The molecule has 1 aliphatic heterocycles. The Balaban J connectivity index is 2.14. The maximum atomic E-state index is 14.3. The van der Waals surface area contributed by atoms with E-state index >= 15 is 0 Å². The van der Waals surface area contributed by atoms with Crippen LogP contribution in [0.25, 0.3) is 0 Å². The molecule has 0 spiro atoms. The molecule has 1 unspecified atom stereocenters. The Morgan fingerprint density at radius 3 is 1.89 bits per heavy atom. The van der Waals surface area contributed by atoms with Gasteiger partial charge in [-0.05, 0) is 49.2 Å². The molecule has 1 saturated heterocycles. The molecule has 1 aromatic heterocycles. The number of benzene rings is 1. The molecule has 2 heterocycles. The van der Waals surface area contributed by atoms with E-state index < -0.39 is 89.4 Å². The van der Waals surface area contributed by atoms with E-state index in [4.69, 9.17) is 0 Å². The highest BCUT2D eigenvalue weighted by Gasteiger charge is 2.60. The van der Waals surface area contributed by atoms with Crippen LogP contribution in [0.15, 0.2) is 30.3 Å². The van der Waals surface area contributed by atoms with Crippen molar-refractivity contribution in [2.45, 2.75) is 43.5 Å². The number of alkyl halides is 12. The van der Waals surface area contributed by atoms with Gasteiger partial charge >= 0.3 is 30.7 Å². The van der Waals surface area contributed by atoms with E-state index in [1.165, 1.54) is 6.92 Å². The normalized spacial score (nSPS) is 19.1. The summed E-state index contributed by atoms with van der Waals surface area (Å²) in [5.74, 6) is -2.13. The third kappa shape index (κ3) is 5.62. The zero-order valence-electron chi connectivity index (χ0n) is 19.0. The number of pyridine rings is 1. The highest BCUT2D eigenvalue weighted by atomic mass is 19.4. The summed E-state index contributed by atoms with van der Waals surface area (Å²) in [6, 6.07) is 0.963. The fraction of sp³-hybridized carbons (Fsp3) is 0.455. The molecule has 1 fully saturated rings. The average Bonchev–Trinajstić information content (AvgIpc) is 3.24. The SMILES string of the molecule is CCOC(=O)c1ccc(N2CCC(c3cc(C(F)(F)F)cc(C(F)(F)F)c3)(C(F)(F)F)C2)nc1C(F)(F)F. The van der Waals surface area contributed by atoms with Crippen molar-refractivity contribution in [2.75, 3.05) is 24.6 Å². The molecule has 38 heavy (non-hydrogen) atoms. The fourth-order valence-electron chi connectivity index (χ4n) is 4.08. The number of aromatic nitrogens is 1. The van der Waals surface area contributed by atoms with Crippen LogP contribution in [0, 0.1) is 0 Å². The van der Waals surface area contributed by atoms with Crippen LogP contribution in [0.4, 0.5) is 58.5 Å². The number of ether oxygens (including phenoxy) is 1. The molecular formula is C22H16F12N2O2. The molecule has 0 saturated carbocycles. The summed E-state index contributed by atoms with van der Waals surface area (Å²) >= 11 is 0. The predicted molar refractivity (Wildman–Crippen MR) is 106 cm³/mol. The maximum absolute atomic E-state index is 14.3. The highest BCUT2D eigenvalue weighted by molar-refractivity contribution is 5.91. The molecule has 2 aromatic rings. The Bertz CT molecular complexity index is 1170. The average molecular weight is 568 g/mol. The van der Waals surface area contributed by atoms with Crippen LogP contribution in [0.2, 0.25) is 0 Å². The molecule has 1 atom stereocenters. The number of carbonyl (C=O) groups excluding carboxylic acids is 1. The van der Waals surface area contributed by atoms with Gasteiger partial charge in [-0.15, -0.1) is 0 Å². The summed E-state index contributed by atoms with van der Waals surface area (Å²) in [4.78, 5) is 15.8. The van der Waals surface area contributed by atoms with Crippen molar-refractivity contribution in [1.29, 1.82) is 0 Å². The van der Waals surface area contributed by atoms with E-state index in [0.717, 1.165) is 6.07 Å². The second kappa shape index (κ2) is 9.52. The van der Waals surface area contributed by atoms with Gasteiger partial charge in [0.2, 0.25) is 0 Å². The van der Waals surface area contributed by atoms with Gasteiger partial charge in [0.25, 0.3) is 0 Å². The molecule has 0 amide bonds. The Kier molecular flexibility index (Phi) is 7.36. The van der Waals surface area contributed by atoms with Crippen molar-refractivity contribution in [2.24, 2.45) is 0 Å². The first-order valence-electron chi connectivity index (χ1n) is 10.6. The molecule has 0 radical (unpaired) electrons. The first-order valence-corrected chi connectivity index (χ1v) is 10.6. The summed E-state index contributed by atoms with van der Waals surface area (Å²) in [6.07, 6.45) is -22.6. The standard InChI is InChI=1S/C22H16F12N2O2/c1-2-38-17(37)14-3-4-15(35-16(14)21(29,30)31)36-6-5-18(10-36,22(32,33)34)11-7-12(19(23,24)25)9-13(8-11)20(26,27)28/h3-4,7-9H,2,5-6,10H2,1H3. The van der Waals surface area contributed by atoms with Gasteiger partial charge in [-0.25, -0.2) is 9.78 Å². The molecule has 1 aromatic carbocycles. The number of carbonyl (C=O) groups is 1. The molecule has 0 N–H and O–H groups in total. The van der Waals surface area contributed by atoms with Crippen molar-refractivity contribution in [3.05, 3.63) is 58.3 Å². The topological polar surface area (TPSA) is 42.4 Å². The minimum absolute atomic E-state index is 0.0509. The minimum Gasteiger partial charge on any atom is -0.462 e. The lowest BCUT2D eigenvalue weighted by Crippen LogP contribution is -2.45. The number of halogens is 12.